The second-order valence-corrected chi connectivity index (χ2v) is 6.17. The Morgan fingerprint density at radius 1 is 1.19 bits per heavy atom. The van der Waals surface area contributed by atoms with Crippen molar-refractivity contribution in [2.45, 2.75) is 25.9 Å². The van der Waals surface area contributed by atoms with Gasteiger partial charge in [-0.3, -0.25) is 10.2 Å². The van der Waals surface area contributed by atoms with Crippen molar-refractivity contribution in [2.75, 3.05) is 0 Å². The van der Waals surface area contributed by atoms with Crippen LogP contribution in [0, 0.1) is 5.41 Å². The molecule has 0 saturated heterocycles. The number of hydrogen-bond donors (Lipinski definition) is 4. The lowest BCUT2D eigenvalue weighted by molar-refractivity contribution is -0.137. The molecule has 3 aromatic rings. The molecule has 2 aromatic carbocycles. The number of rotatable bonds is 8. The van der Waals surface area contributed by atoms with Gasteiger partial charge in [0.1, 0.15) is 18.2 Å². The fourth-order valence-electron chi connectivity index (χ4n) is 2.83. The topological polar surface area (TPSA) is 112 Å². The number of fused-ring (bicyclic) bond motifs is 1. The van der Waals surface area contributed by atoms with Gasteiger partial charge in [-0.25, -0.2) is 0 Å². The number of nitrogens with one attached hydrogen (secondary N) is 2. The standard InChI is InChI=1S/C20H21N3O3/c21-20(22)14-6-4-13(5-7-14)12-26-16-8-9-18-17(10-16)15(11-23-18)2-1-3-19(24)25/h4-11,23H,1-3,12H2,(H3,21,22)(H,24,25). The molecule has 0 aliphatic rings. The number of nitrogens with two attached hydrogens (primary N) is 1. The predicted molar refractivity (Wildman–Crippen MR) is 101 cm³/mol. The number of aliphatic carboxylic acids is 1. The molecule has 0 radical (unpaired) electrons. The second kappa shape index (κ2) is 7.74. The Morgan fingerprint density at radius 3 is 2.65 bits per heavy atom. The van der Waals surface area contributed by atoms with Crippen LogP contribution in [0.25, 0.3) is 10.9 Å². The van der Waals surface area contributed by atoms with Gasteiger partial charge in [0.15, 0.2) is 0 Å². The van der Waals surface area contributed by atoms with Gasteiger partial charge in [0, 0.05) is 29.1 Å². The summed E-state index contributed by atoms with van der Waals surface area (Å²) < 4.78 is 5.87. The Morgan fingerprint density at radius 2 is 1.96 bits per heavy atom. The Kier molecular flexibility index (Phi) is 5.22. The van der Waals surface area contributed by atoms with E-state index in [2.05, 4.69) is 4.98 Å². The zero-order valence-corrected chi connectivity index (χ0v) is 14.3. The van der Waals surface area contributed by atoms with Crippen LogP contribution in [-0.2, 0) is 17.8 Å². The quantitative estimate of drug-likeness (QED) is 0.368. The first kappa shape index (κ1) is 17.5. The van der Waals surface area contributed by atoms with E-state index in [1.54, 1.807) is 12.1 Å². The molecule has 3 rings (SSSR count). The summed E-state index contributed by atoms with van der Waals surface area (Å²) in [5.74, 6) is 0.0303. The average molecular weight is 351 g/mol. The van der Waals surface area contributed by atoms with Gasteiger partial charge in [-0.05, 0) is 42.2 Å². The van der Waals surface area contributed by atoms with Crippen LogP contribution in [0.15, 0.2) is 48.7 Å². The molecule has 6 nitrogen and oxygen atoms in total. The van der Waals surface area contributed by atoms with Crippen LogP contribution in [0.3, 0.4) is 0 Å². The molecule has 1 aromatic heterocycles. The molecule has 0 unspecified atom stereocenters. The first-order valence-electron chi connectivity index (χ1n) is 8.41. The lowest BCUT2D eigenvalue weighted by atomic mass is 10.1. The number of carboxylic acid groups (broad SMARTS) is 1. The Balaban J connectivity index is 1.68. The Hall–Kier alpha value is -3.28. The van der Waals surface area contributed by atoms with Crippen LogP contribution in [0.4, 0.5) is 0 Å². The number of aryl methyl sites for hydroxylation is 1. The molecule has 6 heteroatoms. The number of amidine groups is 1. The Labute approximate surface area is 151 Å². The lowest BCUT2D eigenvalue weighted by Gasteiger charge is -2.08. The van der Waals surface area contributed by atoms with E-state index in [1.807, 2.05) is 36.5 Å². The van der Waals surface area contributed by atoms with Gasteiger partial charge in [0.2, 0.25) is 0 Å². The summed E-state index contributed by atoms with van der Waals surface area (Å²) in [7, 11) is 0. The molecule has 0 fully saturated rings. The maximum absolute atomic E-state index is 10.7. The third kappa shape index (κ3) is 4.22. The van der Waals surface area contributed by atoms with Crippen molar-refractivity contribution in [1.29, 1.82) is 5.41 Å². The summed E-state index contributed by atoms with van der Waals surface area (Å²) in [5, 5.41) is 17.2. The van der Waals surface area contributed by atoms with E-state index in [0.717, 1.165) is 27.8 Å². The molecule has 0 aliphatic heterocycles. The summed E-state index contributed by atoms with van der Waals surface area (Å²) in [6.45, 7) is 0.419. The minimum atomic E-state index is -0.773. The predicted octanol–water partition coefficient (Wildman–Crippen LogP) is 3.44. The van der Waals surface area contributed by atoms with Crippen molar-refractivity contribution in [2.24, 2.45) is 5.73 Å². The fourth-order valence-corrected chi connectivity index (χ4v) is 2.83. The molecule has 0 spiro atoms. The third-order valence-electron chi connectivity index (χ3n) is 4.25. The minimum absolute atomic E-state index is 0.0470. The van der Waals surface area contributed by atoms with Crippen LogP contribution in [0.5, 0.6) is 5.75 Å². The second-order valence-electron chi connectivity index (χ2n) is 6.17. The zero-order valence-electron chi connectivity index (χ0n) is 14.3. The fraction of sp³-hybridized carbons (Fsp3) is 0.200. The monoisotopic (exact) mass is 351 g/mol. The maximum atomic E-state index is 10.7. The number of benzene rings is 2. The van der Waals surface area contributed by atoms with Crippen LogP contribution in [0.2, 0.25) is 0 Å². The highest BCUT2D eigenvalue weighted by molar-refractivity contribution is 5.94. The Bertz CT molecular complexity index is 929. The van der Waals surface area contributed by atoms with E-state index in [-0.39, 0.29) is 12.3 Å². The summed E-state index contributed by atoms with van der Waals surface area (Å²) in [6.07, 6.45) is 3.41. The van der Waals surface area contributed by atoms with E-state index in [1.165, 1.54) is 0 Å². The van der Waals surface area contributed by atoms with E-state index in [9.17, 15) is 4.79 Å². The van der Waals surface area contributed by atoms with Gasteiger partial charge in [-0.15, -0.1) is 0 Å². The number of H-pyrrole nitrogens is 1. The highest BCUT2D eigenvalue weighted by Gasteiger charge is 2.07. The van der Waals surface area contributed by atoms with Gasteiger partial charge in [-0.2, -0.15) is 0 Å². The van der Waals surface area contributed by atoms with E-state index in [4.69, 9.17) is 21.0 Å². The molecule has 5 N–H and O–H groups in total. The van der Waals surface area contributed by atoms with Crippen molar-refractivity contribution in [3.63, 3.8) is 0 Å². The summed E-state index contributed by atoms with van der Waals surface area (Å²) >= 11 is 0. The SMILES string of the molecule is N=C(N)c1ccc(COc2ccc3[nH]cc(CCCC(=O)O)c3c2)cc1. The van der Waals surface area contributed by atoms with Crippen molar-refractivity contribution in [3.05, 3.63) is 65.4 Å². The van der Waals surface area contributed by atoms with Crippen LogP contribution >= 0.6 is 0 Å². The van der Waals surface area contributed by atoms with Gasteiger partial charge < -0.3 is 20.6 Å². The smallest absolute Gasteiger partial charge is 0.303 e. The number of aromatic amines is 1. The molecule has 26 heavy (non-hydrogen) atoms. The highest BCUT2D eigenvalue weighted by atomic mass is 16.5. The van der Waals surface area contributed by atoms with Gasteiger partial charge >= 0.3 is 5.97 Å². The molecule has 1 heterocycles. The van der Waals surface area contributed by atoms with Gasteiger partial charge in [0.05, 0.1) is 0 Å². The number of nitrogen functional groups attached to an aromatic ring is 1. The number of ether oxygens (including phenoxy) is 1. The number of hydrogen-bond acceptors (Lipinski definition) is 3. The van der Waals surface area contributed by atoms with E-state index < -0.39 is 5.97 Å². The number of carboxylic acids is 1. The largest absolute Gasteiger partial charge is 0.489 e. The molecule has 0 bridgehead atoms. The minimum Gasteiger partial charge on any atom is -0.489 e. The molecular weight excluding hydrogens is 330 g/mol. The molecule has 0 aliphatic carbocycles. The first-order valence-corrected chi connectivity index (χ1v) is 8.41. The average Bonchev–Trinajstić information content (AvgIpc) is 3.02. The third-order valence-corrected chi connectivity index (χ3v) is 4.25. The molecular formula is C20H21N3O3. The molecule has 0 amide bonds. The lowest BCUT2D eigenvalue weighted by Crippen LogP contribution is -2.10. The number of aromatic nitrogens is 1. The van der Waals surface area contributed by atoms with Crippen LogP contribution in [0.1, 0.15) is 29.5 Å². The van der Waals surface area contributed by atoms with Gasteiger partial charge in [-0.1, -0.05) is 24.3 Å². The number of carbonyl (C=O) groups is 1. The van der Waals surface area contributed by atoms with Crippen molar-refractivity contribution in [1.82, 2.24) is 4.98 Å². The van der Waals surface area contributed by atoms with Gasteiger partial charge in [0.25, 0.3) is 0 Å². The summed E-state index contributed by atoms with van der Waals surface area (Å²) in [5.41, 5.74) is 9.24. The van der Waals surface area contributed by atoms with Crippen molar-refractivity contribution in [3.8, 4) is 5.75 Å². The molecule has 134 valence electrons. The molecule has 0 atom stereocenters. The maximum Gasteiger partial charge on any atom is 0.303 e. The van der Waals surface area contributed by atoms with E-state index >= 15 is 0 Å². The van der Waals surface area contributed by atoms with Crippen molar-refractivity contribution >= 4 is 22.7 Å². The van der Waals surface area contributed by atoms with Crippen molar-refractivity contribution < 1.29 is 14.6 Å². The van der Waals surface area contributed by atoms with Crippen LogP contribution < -0.4 is 10.5 Å². The summed E-state index contributed by atoms with van der Waals surface area (Å²) in [6, 6.07) is 13.2. The zero-order chi connectivity index (χ0) is 18.5. The highest BCUT2D eigenvalue weighted by Crippen LogP contribution is 2.25. The first-order chi connectivity index (χ1) is 12.5. The van der Waals surface area contributed by atoms with Crippen LogP contribution in [-0.4, -0.2) is 21.9 Å². The van der Waals surface area contributed by atoms with E-state index in [0.29, 0.717) is 25.0 Å². The summed E-state index contributed by atoms with van der Waals surface area (Å²) in [4.78, 5) is 13.9. The molecule has 0 saturated carbocycles. The normalized spacial score (nSPS) is 10.8.